The van der Waals surface area contributed by atoms with Crippen LogP contribution in [0.3, 0.4) is 0 Å². The average molecular weight is 252 g/mol. The van der Waals surface area contributed by atoms with Crippen molar-refractivity contribution >= 4 is 12.3 Å². The van der Waals surface area contributed by atoms with Gasteiger partial charge in [-0.25, -0.2) is 0 Å². The summed E-state index contributed by atoms with van der Waals surface area (Å²) in [4.78, 5) is 23.3. The van der Waals surface area contributed by atoms with E-state index in [1.54, 1.807) is 24.1 Å². The lowest BCUT2D eigenvalue weighted by atomic mass is 10.2. The van der Waals surface area contributed by atoms with Gasteiger partial charge < -0.3 is 14.7 Å². The van der Waals surface area contributed by atoms with Crippen molar-refractivity contribution in [2.75, 3.05) is 13.7 Å². The van der Waals surface area contributed by atoms with Crippen LogP contribution in [-0.2, 0) is 14.3 Å². The minimum absolute atomic E-state index is 0.0928. The molecule has 2 N–H and O–H groups in total. The van der Waals surface area contributed by atoms with Crippen LogP contribution in [0.25, 0.3) is 0 Å². The van der Waals surface area contributed by atoms with E-state index in [-0.39, 0.29) is 24.5 Å². The molecule has 18 heavy (non-hydrogen) atoms. The average Bonchev–Trinajstić information content (AvgIpc) is 2.84. The third-order valence-electron chi connectivity index (χ3n) is 2.40. The van der Waals surface area contributed by atoms with Crippen LogP contribution in [0.15, 0.2) is 36.6 Å². The fourth-order valence-electron chi connectivity index (χ4n) is 1.46. The molecule has 0 radical (unpaired) electrons. The van der Waals surface area contributed by atoms with Crippen molar-refractivity contribution in [1.82, 2.24) is 10.2 Å². The molecule has 6 nitrogen and oxygen atoms in total. The fourth-order valence-corrected chi connectivity index (χ4v) is 1.46. The summed E-state index contributed by atoms with van der Waals surface area (Å²) < 4.78 is 5.44. The maximum absolute atomic E-state index is 11.4. The van der Waals surface area contributed by atoms with Crippen LogP contribution < -0.4 is 5.32 Å². The molecule has 0 aromatic carbocycles. The number of hydrogen-bond donors (Lipinski definition) is 2. The summed E-state index contributed by atoms with van der Waals surface area (Å²) in [6, 6.07) is 0. The van der Waals surface area contributed by atoms with Crippen molar-refractivity contribution in [2.24, 2.45) is 0 Å². The maximum Gasteiger partial charge on any atom is 0.259 e. The van der Waals surface area contributed by atoms with Crippen molar-refractivity contribution in [3.63, 3.8) is 0 Å². The van der Waals surface area contributed by atoms with Crippen LogP contribution in [-0.4, -0.2) is 48.3 Å². The van der Waals surface area contributed by atoms with E-state index in [9.17, 15) is 9.59 Å². The highest BCUT2D eigenvalue weighted by atomic mass is 16.5. The predicted molar refractivity (Wildman–Crippen MR) is 65.1 cm³/mol. The molecule has 2 amide bonds. The van der Waals surface area contributed by atoms with Crippen LogP contribution in [0.4, 0.5) is 0 Å². The molecule has 6 heteroatoms. The van der Waals surface area contributed by atoms with Crippen molar-refractivity contribution < 1.29 is 19.4 Å². The highest BCUT2D eigenvalue weighted by Gasteiger charge is 2.21. The van der Waals surface area contributed by atoms with Gasteiger partial charge in [0.25, 0.3) is 5.91 Å². The largest absolute Gasteiger partial charge is 0.393 e. The van der Waals surface area contributed by atoms with Gasteiger partial charge in [0.1, 0.15) is 12.3 Å². The highest BCUT2D eigenvalue weighted by molar-refractivity contribution is 6.01. The summed E-state index contributed by atoms with van der Waals surface area (Å²) in [6.45, 7) is 3.41. The minimum atomic E-state index is -0.535. The van der Waals surface area contributed by atoms with Crippen molar-refractivity contribution in [1.29, 1.82) is 0 Å². The van der Waals surface area contributed by atoms with Gasteiger partial charge in [-0.3, -0.25) is 14.9 Å². The number of imide groups is 1. The number of aliphatic hydroxyl groups is 1. The fraction of sp³-hybridized carbons (Fsp3) is 0.333. The number of ether oxygens (including phenoxy) is 1. The van der Waals surface area contributed by atoms with Crippen LogP contribution in [0.1, 0.15) is 0 Å². The third-order valence-corrected chi connectivity index (χ3v) is 2.40. The molecule has 2 atom stereocenters. The Morgan fingerprint density at radius 2 is 2.33 bits per heavy atom. The Labute approximate surface area is 105 Å². The number of aliphatic hydroxyl groups excluding tert-OH is 1. The molecule has 1 aliphatic rings. The number of nitrogens with zero attached hydrogens (tertiary/aromatic N) is 1. The summed E-state index contributed by atoms with van der Waals surface area (Å²) >= 11 is 0. The molecule has 0 aromatic rings. The number of likely N-dealkylation sites (N-methyl/N-ethyl adjacent to an activating group) is 1. The highest BCUT2D eigenvalue weighted by Crippen LogP contribution is 2.15. The monoisotopic (exact) mass is 252 g/mol. The Balaban J connectivity index is 2.69. The molecule has 1 aliphatic heterocycles. The van der Waals surface area contributed by atoms with Crippen LogP contribution in [0.5, 0.6) is 0 Å². The van der Waals surface area contributed by atoms with Crippen LogP contribution in [0, 0.1) is 0 Å². The van der Waals surface area contributed by atoms with E-state index in [1.807, 2.05) is 5.32 Å². The van der Waals surface area contributed by atoms with Gasteiger partial charge in [-0.1, -0.05) is 18.7 Å². The zero-order valence-corrected chi connectivity index (χ0v) is 10.1. The number of carbonyl (C=O) groups is 2. The van der Waals surface area contributed by atoms with Gasteiger partial charge in [-0.15, -0.1) is 0 Å². The summed E-state index contributed by atoms with van der Waals surface area (Å²) in [5, 5.41) is 11.0. The SMILES string of the molecule is C=C/C(=C/N(C)C1C=CC(CO)O1)C(=O)NC=O. The minimum Gasteiger partial charge on any atom is -0.393 e. The molecule has 0 aliphatic carbocycles. The molecular weight excluding hydrogens is 236 g/mol. The molecule has 0 fully saturated rings. The summed E-state index contributed by atoms with van der Waals surface area (Å²) in [7, 11) is 1.71. The normalized spacial score (nSPS) is 22.7. The zero-order chi connectivity index (χ0) is 13.5. The second-order valence-electron chi connectivity index (χ2n) is 3.68. The van der Waals surface area contributed by atoms with Gasteiger partial charge in [-0.05, 0) is 6.08 Å². The first kappa shape index (κ1) is 14.1. The predicted octanol–water partition coefficient (Wildman–Crippen LogP) is -0.466. The summed E-state index contributed by atoms with van der Waals surface area (Å²) in [5.41, 5.74) is 0.244. The summed E-state index contributed by atoms with van der Waals surface area (Å²) in [6.07, 6.45) is 6.00. The number of rotatable bonds is 6. The molecule has 0 bridgehead atoms. The van der Waals surface area contributed by atoms with E-state index in [0.29, 0.717) is 6.41 Å². The van der Waals surface area contributed by atoms with Crippen LogP contribution >= 0.6 is 0 Å². The molecular formula is C12H16N2O4. The Bertz CT molecular complexity index is 390. The van der Waals surface area contributed by atoms with Gasteiger partial charge in [0.05, 0.1) is 12.2 Å². The first-order chi connectivity index (χ1) is 8.62. The van der Waals surface area contributed by atoms with E-state index in [4.69, 9.17) is 9.84 Å². The topological polar surface area (TPSA) is 78.9 Å². The lowest BCUT2D eigenvalue weighted by Gasteiger charge is -2.23. The lowest BCUT2D eigenvalue weighted by Crippen LogP contribution is -2.30. The molecule has 0 saturated heterocycles. The van der Waals surface area contributed by atoms with Gasteiger partial charge in [-0.2, -0.15) is 0 Å². The third kappa shape index (κ3) is 3.54. The second kappa shape index (κ2) is 6.73. The van der Waals surface area contributed by atoms with E-state index < -0.39 is 5.91 Å². The van der Waals surface area contributed by atoms with Gasteiger partial charge in [0, 0.05) is 13.2 Å². The van der Waals surface area contributed by atoms with Gasteiger partial charge in [0.2, 0.25) is 6.41 Å². The molecule has 0 aromatic heterocycles. The zero-order valence-electron chi connectivity index (χ0n) is 10.1. The molecule has 98 valence electrons. The first-order valence-electron chi connectivity index (χ1n) is 5.37. The molecule has 1 rings (SSSR count). The Morgan fingerprint density at radius 1 is 1.61 bits per heavy atom. The van der Waals surface area contributed by atoms with Crippen LogP contribution in [0.2, 0.25) is 0 Å². The van der Waals surface area contributed by atoms with E-state index in [1.165, 1.54) is 12.3 Å². The number of amides is 2. The molecule has 0 saturated carbocycles. The van der Waals surface area contributed by atoms with E-state index >= 15 is 0 Å². The van der Waals surface area contributed by atoms with Crippen molar-refractivity contribution in [2.45, 2.75) is 12.3 Å². The van der Waals surface area contributed by atoms with Gasteiger partial charge in [0.15, 0.2) is 0 Å². The second-order valence-corrected chi connectivity index (χ2v) is 3.68. The number of hydrogen-bond acceptors (Lipinski definition) is 5. The van der Waals surface area contributed by atoms with Crippen molar-refractivity contribution in [3.8, 4) is 0 Å². The van der Waals surface area contributed by atoms with E-state index in [0.717, 1.165) is 0 Å². The van der Waals surface area contributed by atoms with E-state index in [2.05, 4.69) is 6.58 Å². The standard InChI is InChI=1S/C12H16N2O4/c1-3-9(12(17)13-8-16)6-14(2)11-5-4-10(7-15)18-11/h3-6,8,10-11,15H,1,7H2,2H3,(H,13,16,17)/b9-6-. The van der Waals surface area contributed by atoms with Gasteiger partial charge >= 0.3 is 0 Å². The molecule has 2 unspecified atom stereocenters. The quantitative estimate of drug-likeness (QED) is 0.289. The van der Waals surface area contributed by atoms with Crippen molar-refractivity contribution in [3.05, 3.63) is 36.6 Å². The Kier molecular flexibility index (Phi) is 5.29. The molecule has 0 spiro atoms. The molecule has 1 heterocycles. The number of nitrogens with one attached hydrogen (secondary N) is 1. The first-order valence-corrected chi connectivity index (χ1v) is 5.37. The summed E-state index contributed by atoms with van der Waals surface area (Å²) in [5.74, 6) is -0.535. The number of carbonyl (C=O) groups excluding carboxylic acids is 2. The lowest BCUT2D eigenvalue weighted by molar-refractivity contribution is -0.122. The Hall–Kier alpha value is -1.92. The maximum atomic E-state index is 11.4. The smallest absolute Gasteiger partial charge is 0.259 e. The Morgan fingerprint density at radius 3 is 2.83 bits per heavy atom.